The van der Waals surface area contributed by atoms with E-state index >= 15 is 0 Å². The molecule has 162 valence electrons. The van der Waals surface area contributed by atoms with E-state index in [9.17, 15) is 9.59 Å². The maximum Gasteiger partial charge on any atom is 0.278 e. The van der Waals surface area contributed by atoms with E-state index in [1.165, 1.54) is 16.7 Å². The van der Waals surface area contributed by atoms with Crippen LogP contribution in [0.2, 0.25) is 0 Å². The molecule has 2 aromatic rings. The number of rotatable bonds is 6. The van der Waals surface area contributed by atoms with Crippen LogP contribution in [0.1, 0.15) is 42.6 Å². The van der Waals surface area contributed by atoms with Crippen molar-refractivity contribution in [3.63, 3.8) is 0 Å². The number of likely N-dealkylation sites (tertiary alicyclic amines) is 1. The number of thioether (sulfide) groups is 1. The zero-order valence-electron chi connectivity index (χ0n) is 18.1. The highest BCUT2D eigenvalue weighted by Gasteiger charge is 2.41. The van der Waals surface area contributed by atoms with Gasteiger partial charge in [0.15, 0.2) is 5.16 Å². The fraction of sp³-hybridized carbons (Fsp3) is 0.417. The molecule has 0 bridgehead atoms. The lowest BCUT2D eigenvalue weighted by atomic mass is 10.1. The van der Waals surface area contributed by atoms with Gasteiger partial charge in [-0.3, -0.25) is 14.5 Å². The number of carbonyl (C=O) groups excluding carboxylic acids is 2. The fourth-order valence-corrected chi connectivity index (χ4v) is 5.20. The van der Waals surface area contributed by atoms with Gasteiger partial charge in [0.1, 0.15) is 10.6 Å². The molecule has 1 fully saturated rings. The van der Waals surface area contributed by atoms with E-state index in [0.29, 0.717) is 28.7 Å². The molecule has 2 amide bonds. The van der Waals surface area contributed by atoms with Crippen LogP contribution >= 0.6 is 11.8 Å². The molecule has 4 rings (SSSR count). The zero-order chi connectivity index (χ0) is 21.8. The smallest absolute Gasteiger partial charge is 0.278 e. The second-order valence-corrected chi connectivity index (χ2v) is 9.09. The Hall–Kier alpha value is -2.67. The molecule has 0 aliphatic carbocycles. The minimum atomic E-state index is -0.229. The van der Waals surface area contributed by atoms with Gasteiger partial charge in [-0.2, -0.15) is 0 Å². The third kappa shape index (κ3) is 4.98. The van der Waals surface area contributed by atoms with Crippen LogP contribution in [0.5, 0.6) is 0 Å². The number of hydrogen-bond donors (Lipinski definition) is 0. The van der Waals surface area contributed by atoms with Crippen LogP contribution in [0.3, 0.4) is 0 Å². The van der Waals surface area contributed by atoms with E-state index in [2.05, 4.69) is 14.9 Å². The number of nitrogens with zero attached hydrogens (tertiary/aromatic N) is 4. The second kappa shape index (κ2) is 9.64. The lowest BCUT2D eigenvalue weighted by Gasteiger charge is -2.24. The number of benzene rings is 1. The van der Waals surface area contributed by atoms with E-state index < -0.39 is 0 Å². The van der Waals surface area contributed by atoms with Gasteiger partial charge >= 0.3 is 0 Å². The molecule has 0 radical (unpaired) electrons. The quantitative estimate of drug-likeness (QED) is 0.506. The van der Waals surface area contributed by atoms with Crippen molar-refractivity contribution in [2.24, 2.45) is 0 Å². The van der Waals surface area contributed by atoms with Gasteiger partial charge in [-0.25, -0.2) is 9.97 Å². The maximum atomic E-state index is 13.4. The molecule has 0 atom stereocenters. The summed E-state index contributed by atoms with van der Waals surface area (Å²) in [5.74, 6) is -0.414. The third-order valence-electron chi connectivity index (χ3n) is 5.65. The number of imide groups is 1. The Labute approximate surface area is 187 Å². The van der Waals surface area contributed by atoms with Crippen molar-refractivity contribution >= 4 is 23.6 Å². The highest BCUT2D eigenvalue weighted by atomic mass is 32.2. The summed E-state index contributed by atoms with van der Waals surface area (Å²) in [6.45, 7) is 5.81. The molecule has 31 heavy (non-hydrogen) atoms. The predicted octanol–water partition coefficient (Wildman–Crippen LogP) is 3.88. The van der Waals surface area contributed by atoms with Crippen LogP contribution in [0.25, 0.3) is 0 Å². The summed E-state index contributed by atoms with van der Waals surface area (Å²) >= 11 is 1.23. The summed E-state index contributed by atoms with van der Waals surface area (Å²) in [5, 5.41) is 0.519. The van der Waals surface area contributed by atoms with E-state index in [0.717, 1.165) is 55.7 Å². The monoisotopic (exact) mass is 436 g/mol. The van der Waals surface area contributed by atoms with Gasteiger partial charge in [0.05, 0.1) is 0 Å². The van der Waals surface area contributed by atoms with Gasteiger partial charge in [-0.15, -0.1) is 0 Å². The summed E-state index contributed by atoms with van der Waals surface area (Å²) in [4.78, 5) is 39.8. The molecule has 3 heterocycles. The molecule has 7 heteroatoms. The molecule has 0 spiro atoms. The average Bonchev–Trinajstić information content (AvgIpc) is 2.92. The molecule has 2 aliphatic heterocycles. The lowest BCUT2D eigenvalue weighted by Crippen LogP contribution is -2.36. The molecule has 0 unspecified atom stereocenters. The molecular formula is C24H28N4O2S. The molecule has 2 aliphatic rings. The molecule has 1 aromatic heterocycles. The SMILES string of the molecule is Cc1cc(C)nc(SC2=C(N3CCCCCC3)C(=O)N(CCc3ccccc3)C2=O)n1. The van der Waals surface area contributed by atoms with E-state index in [-0.39, 0.29) is 11.8 Å². The summed E-state index contributed by atoms with van der Waals surface area (Å²) in [6.07, 6.45) is 5.03. The molecular weight excluding hydrogens is 408 g/mol. The van der Waals surface area contributed by atoms with E-state index in [4.69, 9.17) is 0 Å². The minimum Gasteiger partial charge on any atom is -0.366 e. The molecule has 1 aromatic carbocycles. The zero-order valence-corrected chi connectivity index (χ0v) is 19.0. The van der Waals surface area contributed by atoms with Crippen molar-refractivity contribution in [1.82, 2.24) is 19.8 Å². The van der Waals surface area contributed by atoms with Gasteiger partial charge < -0.3 is 4.90 Å². The average molecular weight is 437 g/mol. The summed E-state index contributed by atoms with van der Waals surface area (Å²) in [7, 11) is 0. The van der Waals surface area contributed by atoms with Crippen molar-refractivity contribution in [3.05, 3.63) is 64.0 Å². The highest BCUT2D eigenvalue weighted by Crippen LogP contribution is 2.36. The van der Waals surface area contributed by atoms with Gasteiger partial charge in [0.25, 0.3) is 11.8 Å². The minimum absolute atomic E-state index is 0.185. The van der Waals surface area contributed by atoms with Gasteiger partial charge in [0, 0.05) is 31.0 Å². The Morgan fingerprint density at radius 2 is 1.55 bits per heavy atom. The second-order valence-electron chi connectivity index (χ2n) is 8.11. The van der Waals surface area contributed by atoms with E-state index in [1.54, 1.807) is 0 Å². The summed E-state index contributed by atoms with van der Waals surface area (Å²) in [6, 6.07) is 11.9. The van der Waals surface area contributed by atoms with Crippen LogP contribution in [0.15, 0.2) is 52.2 Å². The van der Waals surface area contributed by atoms with Gasteiger partial charge in [-0.05, 0) is 56.5 Å². The van der Waals surface area contributed by atoms with Crippen LogP contribution in [0.4, 0.5) is 0 Å². The topological polar surface area (TPSA) is 66.4 Å². The molecule has 0 N–H and O–H groups in total. The Morgan fingerprint density at radius 1 is 0.903 bits per heavy atom. The van der Waals surface area contributed by atoms with Crippen LogP contribution in [0, 0.1) is 13.8 Å². The Bertz CT molecular complexity index is 978. The first-order valence-corrected chi connectivity index (χ1v) is 11.7. The van der Waals surface area contributed by atoms with E-state index in [1.807, 2.05) is 50.2 Å². The van der Waals surface area contributed by atoms with Crippen molar-refractivity contribution < 1.29 is 9.59 Å². The lowest BCUT2D eigenvalue weighted by molar-refractivity contribution is -0.137. The Kier molecular flexibility index (Phi) is 6.70. The number of aromatic nitrogens is 2. The molecule has 0 saturated carbocycles. The highest BCUT2D eigenvalue weighted by molar-refractivity contribution is 8.04. The summed E-state index contributed by atoms with van der Waals surface area (Å²) in [5.41, 5.74) is 3.35. The third-order valence-corrected chi connectivity index (χ3v) is 6.58. The van der Waals surface area contributed by atoms with Crippen molar-refractivity contribution in [2.45, 2.75) is 51.1 Å². The van der Waals surface area contributed by atoms with Gasteiger partial charge in [-0.1, -0.05) is 43.2 Å². The van der Waals surface area contributed by atoms with Gasteiger partial charge in [0.2, 0.25) is 0 Å². The normalized spacial score (nSPS) is 17.5. The van der Waals surface area contributed by atoms with Crippen LogP contribution in [-0.4, -0.2) is 51.2 Å². The van der Waals surface area contributed by atoms with Crippen molar-refractivity contribution in [3.8, 4) is 0 Å². The fourth-order valence-electron chi connectivity index (χ4n) is 4.13. The standard InChI is InChI=1S/C24H28N4O2S/c1-17-16-18(2)26-24(25-17)31-21-20(27-13-8-3-4-9-14-27)22(29)28(23(21)30)15-12-19-10-6-5-7-11-19/h5-7,10-11,16H,3-4,8-9,12-15H2,1-2H3. The van der Waals surface area contributed by atoms with Crippen molar-refractivity contribution in [2.75, 3.05) is 19.6 Å². The Morgan fingerprint density at radius 3 is 2.19 bits per heavy atom. The maximum absolute atomic E-state index is 13.4. The number of carbonyl (C=O) groups is 2. The first-order chi connectivity index (χ1) is 15.0. The Balaban J connectivity index is 1.63. The van der Waals surface area contributed by atoms with Crippen LogP contribution in [-0.2, 0) is 16.0 Å². The first-order valence-electron chi connectivity index (χ1n) is 10.9. The number of hydrogen-bond acceptors (Lipinski definition) is 6. The number of aryl methyl sites for hydroxylation is 2. The number of amides is 2. The largest absolute Gasteiger partial charge is 0.366 e. The summed E-state index contributed by atoms with van der Waals surface area (Å²) < 4.78 is 0. The van der Waals surface area contributed by atoms with Crippen molar-refractivity contribution in [1.29, 1.82) is 0 Å². The van der Waals surface area contributed by atoms with Crippen LogP contribution < -0.4 is 0 Å². The first kappa shape index (κ1) is 21.6. The predicted molar refractivity (Wildman–Crippen MR) is 121 cm³/mol. The molecule has 1 saturated heterocycles. The molecule has 6 nitrogen and oxygen atoms in total.